The van der Waals surface area contributed by atoms with Gasteiger partial charge in [0, 0.05) is 11.6 Å². The van der Waals surface area contributed by atoms with E-state index in [0.717, 1.165) is 5.56 Å². The van der Waals surface area contributed by atoms with Crippen molar-refractivity contribution >= 4 is 17.6 Å². The van der Waals surface area contributed by atoms with E-state index in [9.17, 15) is 9.59 Å². The Labute approximate surface area is 179 Å². The number of Topliss-reactive ketones (excluding diaryl/α,β-unsaturated/α-hetero) is 2. The summed E-state index contributed by atoms with van der Waals surface area (Å²) in [6.45, 7) is -0.106. The SMILES string of the molecule is COc1ccc(/C=C2/Oc3cc(OCC(=O)c4ccccc4)ccc3C2=O)cc1OC. The summed E-state index contributed by atoms with van der Waals surface area (Å²) in [5.74, 6) is 1.82. The van der Waals surface area contributed by atoms with E-state index >= 15 is 0 Å². The van der Waals surface area contributed by atoms with Crippen molar-refractivity contribution in [2.75, 3.05) is 20.8 Å². The second-order valence-electron chi connectivity index (χ2n) is 6.79. The molecule has 0 saturated carbocycles. The van der Waals surface area contributed by atoms with Gasteiger partial charge in [-0.25, -0.2) is 0 Å². The molecule has 1 heterocycles. The van der Waals surface area contributed by atoms with E-state index in [1.807, 2.05) is 6.07 Å². The quantitative estimate of drug-likeness (QED) is 0.415. The highest BCUT2D eigenvalue weighted by atomic mass is 16.5. The third-order valence-electron chi connectivity index (χ3n) is 4.81. The highest BCUT2D eigenvalue weighted by molar-refractivity contribution is 6.14. The van der Waals surface area contributed by atoms with Gasteiger partial charge >= 0.3 is 0 Å². The predicted molar refractivity (Wildman–Crippen MR) is 115 cm³/mol. The molecule has 0 bridgehead atoms. The number of fused-ring (bicyclic) bond motifs is 1. The van der Waals surface area contributed by atoms with Gasteiger partial charge in [-0.1, -0.05) is 36.4 Å². The lowest BCUT2D eigenvalue weighted by molar-refractivity contribution is 0.0921. The van der Waals surface area contributed by atoms with Crippen molar-refractivity contribution in [1.29, 1.82) is 0 Å². The fourth-order valence-electron chi connectivity index (χ4n) is 3.21. The Kier molecular flexibility index (Phi) is 5.71. The summed E-state index contributed by atoms with van der Waals surface area (Å²) in [6, 6.07) is 19.1. The number of rotatable bonds is 7. The lowest BCUT2D eigenvalue weighted by atomic mass is 10.1. The molecule has 0 saturated heterocycles. The van der Waals surface area contributed by atoms with Gasteiger partial charge in [-0.3, -0.25) is 9.59 Å². The first-order valence-electron chi connectivity index (χ1n) is 9.60. The van der Waals surface area contributed by atoms with Gasteiger partial charge in [0.05, 0.1) is 19.8 Å². The first kappa shape index (κ1) is 20.2. The molecule has 3 aromatic carbocycles. The van der Waals surface area contributed by atoms with E-state index in [1.54, 1.807) is 81.0 Å². The van der Waals surface area contributed by atoms with Crippen molar-refractivity contribution in [2.24, 2.45) is 0 Å². The Morgan fingerprint density at radius 2 is 1.71 bits per heavy atom. The molecular weight excluding hydrogens is 396 g/mol. The maximum Gasteiger partial charge on any atom is 0.231 e. The molecule has 0 unspecified atom stereocenters. The van der Waals surface area contributed by atoms with Gasteiger partial charge in [0.2, 0.25) is 5.78 Å². The molecule has 1 aliphatic rings. The average Bonchev–Trinajstić information content (AvgIpc) is 3.12. The zero-order valence-electron chi connectivity index (χ0n) is 17.1. The molecule has 4 rings (SSSR count). The molecule has 0 fully saturated rings. The average molecular weight is 416 g/mol. The Morgan fingerprint density at radius 3 is 2.45 bits per heavy atom. The number of hydrogen-bond acceptors (Lipinski definition) is 6. The third kappa shape index (κ3) is 4.28. The zero-order chi connectivity index (χ0) is 21.8. The van der Waals surface area contributed by atoms with E-state index in [4.69, 9.17) is 18.9 Å². The van der Waals surface area contributed by atoms with E-state index in [2.05, 4.69) is 0 Å². The third-order valence-corrected chi connectivity index (χ3v) is 4.81. The van der Waals surface area contributed by atoms with E-state index in [0.29, 0.717) is 34.1 Å². The number of methoxy groups -OCH3 is 2. The molecule has 0 radical (unpaired) electrons. The molecule has 6 nitrogen and oxygen atoms in total. The Balaban J connectivity index is 1.49. The second kappa shape index (κ2) is 8.75. The van der Waals surface area contributed by atoms with Gasteiger partial charge in [-0.2, -0.15) is 0 Å². The number of ketones is 2. The van der Waals surface area contributed by atoms with E-state index in [1.165, 1.54) is 0 Å². The minimum atomic E-state index is -0.225. The van der Waals surface area contributed by atoms with Crippen LogP contribution in [0.15, 0.2) is 72.5 Å². The smallest absolute Gasteiger partial charge is 0.231 e. The molecule has 0 aromatic heterocycles. The van der Waals surface area contributed by atoms with Crippen LogP contribution >= 0.6 is 0 Å². The van der Waals surface area contributed by atoms with Crippen molar-refractivity contribution in [1.82, 2.24) is 0 Å². The fraction of sp³-hybridized carbons (Fsp3) is 0.120. The Hall–Kier alpha value is -4.06. The molecule has 0 aliphatic carbocycles. The standard InChI is InChI=1S/C25H20O6/c1-28-21-11-8-16(12-23(21)29-2)13-24-25(27)19-10-9-18(14-22(19)31-24)30-15-20(26)17-6-4-3-5-7-17/h3-14H,15H2,1-2H3/b24-13+. The summed E-state index contributed by atoms with van der Waals surface area (Å²) in [6.07, 6.45) is 1.64. The van der Waals surface area contributed by atoms with Crippen molar-refractivity contribution in [2.45, 2.75) is 0 Å². The number of benzene rings is 3. The highest BCUT2D eigenvalue weighted by Crippen LogP contribution is 2.36. The van der Waals surface area contributed by atoms with Gasteiger partial charge < -0.3 is 18.9 Å². The molecule has 6 heteroatoms. The van der Waals surface area contributed by atoms with Crippen LogP contribution in [0.2, 0.25) is 0 Å². The van der Waals surface area contributed by atoms with Crippen molar-refractivity contribution in [3.05, 3.63) is 89.2 Å². The first-order chi connectivity index (χ1) is 15.1. The molecule has 0 atom stereocenters. The lowest BCUT2D eigenvalue weighted by Crippen LogP contribution is -2.11. The zero-order valence-corrected chi connectivity index (χ0v) is 17.1. The van der Waals surface area contributed by atoms with Gasteiger partial charge in [0.1, 0.15) is 11.5 Å². The van der Waals surface area contributed by atoms with Crippen molar-refractivity contribution < 1.29 is 28.5 Å². The summed E-state index contributed by atoms with van der Waals surface area (Å²) in [5.41, 5.74) is 1.75. The van der Waals surface area contributed by atoms with Crippen LogP contribution in [0.3, 0.4) is 0 Å². The lowest BCUT2D eigenvalue weighted by Gasteiger charge is -2.08. The molecule has 0 amide bonds. The fourth-order valence-corrected chi connectivity index (χ4v) is 3.21. The maximum atomic E-state index is 12.7. The summed E-state index contributed by atoms with van der Waals surface area (Å²) < 4.78 is 21.9. The van der Waals surface area contributed by atoms with Crippen LogP contribution in [0.1, 0.15) is 26.3 Å². The van der Waals surface area contributed by atoms with Crippen LogP contribution in [0.25, 0.3) is 6.08 Å². The van der Waals surface area contributed by atoms with Crippen LogP contribution in [0.4, 0.5) is 0 Å². The Morgan fingerprint density at radius 1 is 0.935 bits per heavy atom. The summed E-state index contributed by atoms with van der Waals surface area (Å²) in [5, 5.41) is 0. The largest absolute Gasteiger partial charge is 0.493 e. The van der Waals surface area contributed by atoms with Crippen molar-refractivity contribution in [3.63, 3.8) is 0 Å². The van der Waals surface area contributed by atoms with Crippen LogP contribution in [0.5, 0.6) is 23.0 Å². The van der Waals surface area contributed by atoms with E-state index < -0.39 is 0 Å². The monoisotopic (exact) mass is 416 g/mol. The summed E-state index contributed by atoms with van der Waals surface area (Å²) in [4.78, 5) is 24.9. The number of carbonyl (C=O) groups excluding carboxylic acids is 2. The topological polar surface area (TPSA) is 71.1 Å². The minimum absolute atomic E-state index is 0.106. The van der Waals surface area contributed by atoms with Crippen molar-refractivity contribution in [3.8, 4) is 23.0 Å². The van der Waals surface area contributed by atoms with Crippen LogP contribution < -0.4 is 18.9 Å². The number of allylic oxidation sites excluding steroid dienone is 1. The van der Waals surface area contributed by atoms with Gasteiger partial charge in [0.15, 0.2) is 29.6 Å². The minimum Gasteiger partial charge on any atom is -0.493 e. The summed E-state index contributed by atoms with van der Waals surface area (Å²) >= 11 is 0. The Bertz CT molecular complexity index is 1160. The van der Waals surface area contributed by atoms with Gasteiger partial charge in [-0.05, 0) is 35.9 Å². The molecular formula is C25H20O6. The molecule has 0 spiro atoms. The maximum absolute atomic E-state index is 12.7. The van der Waals surface area contributed by atoms with E-state index in [-0.39, 0.29) is 23.9 Å². The molecule has 156 valence electrons. The molecule has 0 N–H and O–H groups in total. The van der Waals surface area contributed by atoms with Crippen LogP contribution in [-0.2, 0) is 0 Å². The molecule has 1 aliphatic heterocycles. The van der Waals surface area contributed by atoms with Gasteiger partial charge in [-0.15, -0.1) is 0 Å². The first-order valence-corrected chi connectivity index (χ1v) is 9.60. The van der Waals surface area contributed by atoms with Crippen LogP contribution in [0, 0.1) is 0 Å². The number of ether oxygens (including phenoxy) is 4. The predicted octanol–water partition coefficient (Wildman–Crippen LogP) is 4.58. The number of hydrogen-bond donors (Lipinski definition) is 0. The molecule has 31 heavy (non-hydrogen) atoms. The second-order valence-corrected chi connectivity index (χ2v) is 6.79. The normalized spacial score (nSPS) is 13.5. The molecule has 3 aromatic rings. The van der Waals surface area contributed by atoms with Crippen LogP contribution in [-0.4, -0.2) is 32.4 Å². The summed E-state index contributed by atoms with van der Waals surface area (Å²) in [7, 11) is 3.11. The highest BCUT2D eigenvalue weighted by Gasteiger charge is 2.28. The number of carbonyl (C=O) groups is 2. The van der Waals surface area contributed by atoms with Gasteiger partial charge in [0.25, 0.3) is 0 Å².